The van der Waals surface area contributed by atoms with Crippen molar-refractivity contribution in [2.45, 2.75) is 89.7 Å². The highest BCUT2D eigenvalue weighted by Gasteiger charge is 2.45. The molecule has 0 aromatic heterocycles. The quantitative estimate of drug-likeness (QED) is 0.312. The lowest BCUT2D eigenvalue weighted by molar-refractivity contribution is -0.125. The monoisotopic (exact) mass is 612 g/mol. The van der Waals surface area contributed by atoms with Crippen molar-refractivity contribution in [2.24, 2.45) is 17.8 Å². The molecule has 3 aliphatic rings. The van der Waals surface area contributed by atoms with E-state index >= 15 is 0 Å². The SMILES string of the molecule is CCCCC(C(C)=O)C1CCC1CN1CC2(CCCc3cc(Cl)ccc32)COc2ccc(C(=O)NS(=O)C(C)C)cc21. The maximum atomic E-state index is 13.1. The van der Waals surface area contributed by atoms with E-state index in [4.69, 9.17) is 16.3 Å². The van der Waals surface area contributed by atoms with Gasteiger partial charge in [0, 0.05) is 40.3 Å². The maximum Gasteiger partial charge on any atom is 0.263 e. The smallest absolute Gasteiger partial charge is 0.263 e. The molecule has 42 heavy (non-hydrogen) atoms. The molecule has 2 aromatic rings. The van der Waals surface area contributed by atoms with Crippen molar-refractivity contribution in [3.8, 4) is 5.75 Å². The number of aryl methyl sites for hydroxylation is 1. The van der Waals surface area contributed by atoms with Gasteiger partial charge < -0.3 is 9.64 Å². The van der Waals surface area contributed by atoms with Crippen LogP contribution in [0.5, 0.6) is 5.75 Å². The highest BCUT2D eigenvalue weighted by molar-refractivity contribution is 7.84. The summed E-state index contributed by atoms with van der Waals surface area (Å²) < 4.78 is 21.6. The number of hydrogen-bond acceptors (Lipinski definition) is 5. The zero-order chi connectivity index (χ0) is 30.0. The lowest BCUT2D eigenvalue weighted by Gasteiger charge is -2.46. The van der Waals surface area contributed by atoms with Crippen molar-refractivity contribution in [2.75, 3.05) is 24.6 Å². The standard InChI is InChI=1S/C34H45ClN2O4S/c1-5-6-9-28(23(4)38)29-13-10-26(29)19-37-20-34(16-7-8-24-17-27(35)12-14-30(24)34)21-41-32-15-11-25(18-31(32)37)33(39)36-42(40)22(2)3/h11-12,14-15,17-18,22,26,28-29H,5-10,13,16,19-21H2,1-4H3,(H,36,39). The molecule has 6 nitrogen and oxygen atoms in total. The second-order valence-electron chi connectivity index (χ2n) is 12.9. The van der Waals surface area contributed by atoms with Crippen LogP contribution in [0.1, 0.15) is 94.1 Å². The molecule has 1 saturated carbocycles. The number of unbranched alkanes of at least 4 members (excludes halogenated alkanes) is 1. The number of nitrogens with one attached hydrogen (secondary N) is 1. The van der Waals surface area contributed by atoms with Gasteiger partial charge in [-0.05, 0) is 113 Å². The summed E-state index contributed by atoms with van der Waals surface area (Å²) >= 11 is 6.41. The first-order valence-electron chi connectivity index (χ1n) is 15.6. The Hall–Kier alpha value is -2.38. The summed E-state index contributed by atoms with van der Waals surface area (Å²) in [5, 5.41) is 0.585. The molecule has 2 aromatic carbocycles. The molecule has 2 aliphatic carbocycles. The van der Waals surface area contributed by atoms with Gasteiger partial charge in [-0.15, -0.1) is 0 Å². The van der Waals surface area contributed by atoms with E-state index in [1.54, 1.807) is 13.0 Å². The molecule has 5 unspecified atom stereocenters. The van der Waals surface area contributed by atoms with E-state index in [1.807, 2.05) is 32.0 Å². The van der Waals surface area contributed by atoms with E-state index in [0.29, 0.717) is 29.8 Å². The van der Waals surface area contributed by atoms with E-state index in [1.165, 1.54) is 11.1 Å². The van der Waals surface area contributed by atoms with Crippen molar-refractivity contribution in [3.63, 3.8) is 0 Å². The zero-order valence-electron chi connectivity index (χ0n) is 25.4. The Morgan fingerprint density at radius 2 is 2.00 bits per heavy atom. The first-order valence-corrected chi connectivity index (χ1v) is 17.2. The van der Waals surface area contributed by atoms with Crippen LogP contribution in [0.15, 0.2) is 36.4 Å². The normalized spacial score (nSPS) is 24.6. The topological polar surface area (TPSA) is 75.7 Å². The summed E-state index contributed by atoms with van der Waals surface area (Å²) in [4.78, 5) is 28.3. The molecule has 0 bridgehead atoms. The number of nitrogens with zero attached hydrogens (tertiary/aromatic N) is 1. The van der Waals surface area contributed by atoms with Gasteiger partial charge in [0.25, 0.3) is 5.91 Å². The molecule has 5 atom stereocenters. The average molecular weight is 613 g/mol. The fourth-order valence-corrected chi connectivity index (χ4v) is 8.03. The Morgan fingerprint density at radius 3 is 2.69 bits per heavy atom. The summed E-state index contributed by atoms with van der Waals surface area (Å²) in [5.74, 6) is 1.62. The van der Waals surface area contributed by atoms with Crippen LogP contribution in [0.2, 0.25) is 5.02 Å². The van der Waals surface area contributed by atoms with Crippen LogP contribution in [0.25, 0.3) is 0 Å². The number of carbonyl (C=O) groups is 2. The van der Waals surface area contributed by atoms with Gasteiger partial charge in [-0.1, -0.05) is 37.4 Å². The number of anilines is 1. The number of rotatable bonds is 10. The number of benzene rings is 2. The third kappa shape index (κ3) is 6.42. The molecular formula is C34H45ClN2O4S. The summed E-state index contributed by atoms with van der Waals surface area (Å²) in [6, 6.07) is 11.8. The number of ether oxygens (including phenoxy) is 1. The van der Waals surface area contributed by atoms with Crippen LogP contribution in [-0.2, 0) is 27.6 Å². The number of ketones is 1. The van der Waals surface area contributed by atoms with E-state index < -0.39 is 11.0 Å². The van der Waals surface area contributed by atoms with Crippen LogP contribution in [-0.4, -0.2) is 40.8 Å². The third-order valence-electron chi connectivity index (χ3n) is 9.76. The molecule has 0 saturated heterocycles. The molecule has 1 aliphatic heterocycles. The van der Waals surface area contributed by atoms with E-state index in [0.717, 1.165) is 80.9 Å². The summed E-state index contributed by atoms with van der Waals surface area (Å²) in [6.07, 6.45) is 8.39. The Balaban J connectivity index is 1.50. The van der Waals surface area contributed by atoms with Gasteiger partial charge in [0.1, 0.15) is 22.5 Å². The van der Waals surface area contributed by atoms with Crippen LogP contribution in [0.3, 0.4) is 0 Å². The number of hydrogen-bond donors (Lipinski definition) is 1. The average Bonchev–Trinajstić information content (AvgIpc) is 3.09. The number of halogens is 1. The molecule has 1 heterocycles. The van der Waals surface area contributed by atoms with Gasteiger partial charge >= 0.3 is 0 Å². The molecule has 1 fully saturated rings. The molecule has 8 heteroatoms. The third-order valence-corrected chi connectivity index (χ3v) is 11.2. The number of fused-ring (bicyclic) bond motifs is 3. The fourth-order valence-electron chi connectivity index (χ4n) is 7.30. The van der Waals surface area contributed by atoms with Crippen LogP contribution in [0.4, 0.5) is 5.69 Å². The molecule has 1 spiro atoms. The summed E-state index contributed by atoms with van der Waals surface area (Å²) in [5.41, 5.74) is 3.75. The number of carbonyl (C=O) groups excluding carboxylic acids is 2. The van der Waals surface area contributed by atoms with Gasteiger partial charge in [-0.25, -0.2) is 4.21 Å². The molecular weight excluding hydrogens is 568 g/mol. The first-order chi connectivity index (χ1) is 20.1. The highest BCUT2D eigenvalue weighted by atomic mass is 35.5. The summed E-state index contributed by atoms with van der Waals surface area (Å²) in [7, 11) is -1.46. The Bertz CT molecular complexity index is 1350. The molecule has 5 rings (SSSR count). The van der Waals surface area contributed by atoms with Crippen LogP contribution < -0.4 is 14.4 Å². The molecule has 228 valence electrons. The predicted molar refractivity (Wildman–Crippen MR) is 171 cm³/mol. The first kappa shape index (κ1) is 31.1. The Kier molecular flexibility index (Phi) is 9.68. The van der Waals surface area contributed by atoms with Crippen molar-refractivity contribution >= 4 is 40.0 Å². The second-order valence-corrected chi connectivity index (χ2v) is 15.1. The Labute approximate surface area is 258 Å². The van der Waals surface area contributed by atoms with Crippen LogP contribution in [0, 0.1) is 17.8 Å². The van der Waals surface area contributed by atoms with Gasteiger partial charge in [0.15, 0.2) is 0 Å². The maximum absolute atomic E-state index is 13.1. The molecule has 1 amide bonds. The largest absolute Gasteiger partial charge is 0.490 e. The number of Topliss-reactive ketones (excluding diaryl/α,β-unsaturated/α-hetero) is 1. The van der Waals surface area contributed by atoms with E-state index in [-0.39, 0.29) is 22.5 Å². The van der Waals surface area contributed by atoms with Crippen molar-refractivity contribution in [3.05, 3.63) is 58.1 Å². The minimum absolute atomic E-state index is 0.112. The van der Waals surface area contributed by atoms with Crippen LogP contribution >= 0.6 is 11.6 Å². The lowest BCUT2D eigenvalue weighted by atomic mass is 9.64. The zero-order valence-corrected chi connectivity index (χ0v) is 27.0. The van der Waals surface area contributed by atoms with Gasteiger partial charge in [-0.2, -0.15) is 0 Å². The molecule has 1 N–H and O–H groups in total. The predicted octanol–water partition coefficient (Wildman–Crippen LogP) is 7.04. The second kappa shape index (κ2) is 13.1. The van der Waals surface area contributed by atoms with Crippen molar-refractivity contribution in [1.29, 1.82) is 0 Å². The Morgan fingerprint density at radius 1 is 1.19 bits per heavy atom. The van der Waals surface area contributed by atoms with Crippen molar-refractivity contribution in [1.82, 2.24) is 4.72 Å². The van der Waals surface area contributed by atoms with E-state index in [9.17, 15) is 13.8 Å². The van der Waals surface area contributed by atoms with E-state index in [2.05, 4.69) is 28.7 Å². The minimum atomic E-state index is -1.46. The molecule has 0 radical (unpaired) electrons. The fraction of sp³-hybridized carbons (Fsp3) is 0.588. The van der Waals surface area contributed by atoms with Gasteiger partial charge in [0.2, 0.25) is 0 Å². The minimum Gasteiger partial charge on any atom is -0.490 e. The van der Waals surface area contributed by atoms with Crippen molar-refractivity contribution < 1.29 is 18.5 Å². The lowest BCUT2D eigenvalue weighted by Crippen LogP contribution is -2.49. The highest BCUT2D eigenvalue weighted by Crippen LogP contribution is 2.48. The number of amides is 1. The van der Waals surface area contributed by atoms with Gasteiger partial charge in [-0.3, -0.25) is 14.3 Å². The van der Waals surface area contributed by atoms with Gasteiger partial charge in [0.05, 0.1) is 12.3 Å². The summed E-state index contributed by atoms with van der Waals surface area (Å²) in [6.45, 7) is 9.71.